The van der Waals surface area contributed by atoms with E-state index in [1.165, 1.54) is 4.88 Å². The van der Waals surface area contributed by atoms with Crippen LogP contribution in [0.25, 0.3) is 0 Å². The molecule has 18 heavy (non-hydrogen) atoms. The van der Waals surface area contributed by atoms with Crippen molar-refractivity contribution < 1.29 is 5.11 Å². The zero-order valence-corrected chi connectivity index (χ0v) is 12.0. The van der Waals surface area contributed by atoms with Crippen LogP contribution in [-0.4, -0.2) is 5.11 Å². The number of aliphatic hydroxyl groups is 1. The Balaban J connectivity index is 2.21. The predicted octanol–water partition coefficient (Wildman–Crippen LogP) is 4.06. The molecule has 0 radical (unpaired) electrons. The Hall–Kier alpha value is -0.850. The second-order valence-corrected chi connectivity index (χ2v) is 6.55. The van der Waals surface area contributed by atoms with E-state index in [4.69, 9.17) is 0 Å². The summed E-state index contributed by atoms with van der Waals surface area (Å²) < 4.78 is 0. The maximum Gasteiger partial charge on any atom is 0.107 e. The highest BCUT2D eigenvalue weighted by atomic mass is 32.1. The van der Waals surface area contributed by atoms with Gasteiger partial charge >= 0.3 is 0 Å². The van der Waals surface area contributed by atoms with E-state index in [0.717, 1.165) is 37.0 Å². The molecule has 0 saturated heterocycles. The van der Waals surface area contributed by atoms with Gasteiger partial charge in [-0.2, -0.15) is 5.26 Å². The Kier molecular flexibility index (Phi) is 4.09. The molecular formula is C15H21NOS. The van der Waals surface area contributed by atoms with Crippen LogP contribution in [0.15, 0.2) is 12.1 Å². The molecule has 0 aliphatic heterocycles. The van der Waals surface area contributed by atoms with Gasteiger partial charge in [-0.25, -0.2) is 0 Å². The lowest BCUT2D eigenvalue weighted by molar-refractivity contribution is 0.0672. The van der Waals surface area contributed by atoms with Crippen LogP contribution in [0.2, 0.25) is 0 Å². The maximum absolute atomic E-state index is 10.6. The summed E-state index contributed by atoms with van der Waals surface area (Å²) in [4.78, 5) is 2.24. The van der Waals surface area contributed by atoms with Crippen LogP contribution in [-0.2, 0) is 6.42 Å². The second kappa shape index (κ2) is 5.42. The normalized spacial score (nSPS) is 29.1. The molecule has 1 aliphatic carbocycles. The molecule has 1 aromatic heterocycles. The zero-order valence-electron chi connectivity index (χ0n) is 11.1. The van der Waals surface area contributed by atoms with Gasteiger partial charge in [0.25, 0.3) is 0 Å². The van der Waals surface area contributed by atoms with Gasteiger partial charge in [0.15, 0.2) is 0 Å². The first-order chi connectivity index (χ1) is 8.65. The van der Waals surface area contributed by atoms with E-state index in [2.05, 4.69) is 26.0 Å². The highest BCUT2D eigenvalue weighted by molar-refractivity contribution is 7.12. The quantitative estimate of drug-likeness (QED) is 0.890. The van der Waals surface area contributed by atoms with Gasteiger partial charge in [0.2, 0.25) is 0 Å². The van der Waals surface area contributed by atoms with E-state index in [1.54, 1.807) is 11.3 Å². The van der Waals surface area contributed by atoms with E-state index in [1.807, 2.05) is 6.07 Å². The SMILES string of the molecule is CCc1ccc(C(O)C2(C#N)CCC(CC)C2)s1. The highest BCUT2D eigenvalue weighted by Gasteiger charge is 2.45. The topological polar surface area (TPSA) is 44.0 Å². The van der Waals surface area contributed by atoms with Crippen LogP contribution in [0.5, 0.6) is 0 Å². The van der Waals surface area contributed by atoms with Crippen molar-refractivity contribution in [3.8, 4) is 6.07 Å². The number of rotatable bonds is 4. The number of thiophene rings is 1. The fourth-order valence-electron chi connectivity index (χ4n) is 2.94. The summed E-state index contributed by atoms with van der Waals surface area (Å²) in [6.45, 7) is 4.29. The first-order valence-corrected chi connectivity index (χ1v) is 7.64. The summed E-state index contributed by atoms with van der Waals surface area (Å²) >= 11 is 1.65. The van der Waals surface area contributed by atoms with Crippen molar-refractivity contribution in [2.75, 3.05) is 0 Å². The minimum Gasteiger partial charge on any atom is -0.386 e. The fourth-order valence-corrected chi connectivity index (χ4v) is 4.00. The third-order valence-electron chi connectivity index (χ3n) is 4.28. The average molecular weight is 263 g/mol. The monoisotopic (exact) mass is 263 g/mol. The lowest BCUT2D eigenvalue weighted by Crippen LogP contribution is -2.24. The molecule has 1 N–H and O–H groups in total. The summed E-state index contributed by atoms with van der Waals surface area (Å²) in [7, 11) is 0. The first-order valence-electron chi connectivity index (χ1n) is 6.83. The van der Waals surface area contributed by atoms with Crippen LogP contribution in [0.3, 0.4) is 0 Å². The minimum absolute atomic E-state index is 0.545. The standard InChI is InChI=1S/C15H21NOS/c1-3-11-7-8-15(9-11,10-16)14(17)13-6-5-12(4-2)18-13/h5-6,11,14,17H,3-4,7-9H2,1-2H3. The van der Waals surface area contributed by atoms with E-state index in [0.29, 0.717) is 5.92 Å². The summed E-state index contributed by atoms with van der Waals surface area (Å²) in [6.07, 6.45) is 4.26. The molecule has 1 saturated carbocycles. The third-order valence-corrected chi connectivity index (χ3v) is 5.56. The summed E-state index contributed by atoms with van der Waals surface area (Å²) in [5.74, 6) is 0.602. The predicted molar refractivity (Wildman–Crippen MR) is 74.3 cm³/mol. The molecule has 3 atom stereocenters. The highest BCUT2D eigenvalue weighted by Crippen LogP contribution is 2.51. The molecule has 3 heteroatoms. The van der Waals surface area contributed by atoms with Gasteiger partial charge in [-0.15, -0.1) is 11.3 Å². The van der Waals surface area contributed by atoms with Gasteiger partial charge in [0, 0.05) is 9.75 Å². The number of nitriles is 1. The molecule has 1 heterocycles. The van der Waals surface area contributed by atoms with Gasteiger partial charge in [-0.3, -0.25) is 0 Å². The third kappa shape index (κ3) is 2.32. The van der Waals surface area contributed by atoms with Crippen molar-refractivity contribution >= 4 is 11.3 Å². The molecule has 1 aliphatic rings. The van der Waals surface area contributed by atoms with Crippen molar-refractivity contribution in [1.29, 1.82) is 5.26 Å². The maximum atomic E-state index is 10.6. The van der Waals surface area contributed by atoms with E-state index in [-0.39, 0.29) is 0 Å². The zero-order chi connectivity index (χ0) is 13.2. The van der Waals surface area contributed by atoms with Crippen LogP contribution in [0, 0.1) is 22.7 Å². The summed E-state index contributed by atoms with van der Waals surface area (Å²) in [5.41, 5.74) is -0.545. The lowest BCUT2D eigenvalue weighted by atomic mass is 9.80. The Morgan fingerprint density at radius 3 is 2.83 bits per heavy atom. The fraction of sp³-hybridized carbons (Fsp3) is 0.667. The minimum atomic E-state index is -0.607. The molecule has 0 amide bonds. The smallest absolute Gasteiger partial charge is 0.107 e. The molecule has 3 unspecified atom stereocenters. The van der Waals surface area contributed by atoms with Gasteiger partial charge in [-0.05, 0) is 43.7 Å². The molecule has 1 aromatic rings. The van der Waals surface area contributed by atoms with E-state index >= 15 is 0 Å². The van der Waals surface area contributed by atoms with Gasteiger partial charge in [-0.1, -0.05) is 20.3 Å². The average Bonchev–Trinajstić information content (AvgIpc) is 3.05. The molecule has 98 valence electrons. The Labute approximate surface area is 113 Å². The largest absolute Gasteiger partial charge is 0.386 e. The van der Waals surface area contributed by atoms with E-state index in [9.17, 15) is 10.4 Å². The molecule has 0 spiro atoms. The molecule has 2 nitrogen and oxygen atoms in total. The summed E-state index contributed by atoms with van der Waals surface area (Å²) in [5, 5.41) is 20.1. The Bertz CT molecular complexity index is 448. The Morgan fingerprint density at radius 1 is 1.56 bits per heavy atom. The molecule has 2 rings (SSSR count). The van der Waals surface area contributed by atoms with Crippen LogP contribution in [0.1, 0.15) is 55.4 Å². The Morgan fingerprint density at radius 2 is 2.33 bits per heavy atom. The molecule has 0 bridgehead atoms. The van der Waals surface area contributed by atoms with Crippen molar-refractivity contribution in [2.24, 2.45) is 11.3 Å². The number of nitrogens with zero attached hydrogens (tertiary/aromatic N) is 1. The number of hydrogen-bond donors (Lipinski definition) is 1. The van der Waals surface area contributed by atoms with Crippen LogP contribution in [0.4, 0.5) is 0 Å². The summed E-state index contributed by atoms with van der Waals surface area (Å²) in [6, 6.07) is 6.49. The molecular weight excluding hydrogens is 242 g/mol. The lowest BCUT2D eigenvalue weighted by Gasteiger charge is -2.26. The van der Waals surface area contributed by atoms with Gasteiger partial charge in [0.1, 0.15) is 6.10 Å². The van der Waals surface area contributed by atoms with Crippen molar-refractivity contribution in [1.82, 2.24) is 0 Å². The van der Waals surface area contributed by atoms with Crippen LogP contribution >= 0.6 is 11.3 Å². The number of aryl methyl sites for hydroxylation is 1. The van der Waals surface area contributed by atoms with Gasteiger partial charge < -0.3 is 5.11 Å². The van der Waals surface area contributed by atoms with Crippen LogP contribution < -0.4 is 0 Å². The van der Waals surface area contributed by atoms with Crippen molar-refractivity contribution in [3.63, 3.8) is 0 Å². The second-order valence-electron chi connectivity index (χ2n) is 5.35. The molecule has 1 fully saturated rings. The van der Waals surface area contributed by atoms with Crippen molar-refractivity contribution in [2.45, 2.75) is 52.1 Å². The first kappa shape index (κ1) is 13.6. The van der Waals surface area contributed by atoms with Crippen molar-refractivity contribution in [3.05, 3.63) is 21.9 Å². The van der Waals surface area contributed by atoms with E-state index < -0.39 is 11.5 Å². The number of hydrogen-bond acceptors (Lipinski definition) is 3. The van der Waals surface area contributed by atoms with Gasteiger partial charge in [0.05, 0.1) is 11.5 Å². The number of aliphatic hydroxyl groups excluding tert-OH is 1. The molecule has 0 aromatic carbocycles.